The maximum Gasteiger partial charge on any atom is 0.244 e. The van der Waals surface area contributed by atoms with Gasteiger partial charge < -0.3 is 15.0 Å². The number of sulfonamides is 1. The largest absolute Gasteiger partial charge is 0.497 e. The van der Waals surface area contributed by atoms with Gasteiger partial charge >= 0.3 is 0 Å². The molecule has 0 heterocycles. The number of benzene rings is 2. The number of hydrogen-bond donors (Lipinski definition) is 1. The lowest BCUT2D eigenvalue weighted by Gasteiger charge is -2.33. The Labute approximate surface area is 213 Å². The number of nitrogens with one attached hydrogen (secondary N) is 1. The summed E-state index contributed by atoms with van der Waals surface area (Å²) in [5, 5.41) is 3.35. The molecule has 2 amide bonds. The highest BCUT2D eigenvalue weighted by Crippen LogP contribution is 2.26. The first-order chi connectivity index (χ1) is 16.1. The van der Waals surface area contributed by atoms with Crippen LogP contribution in [0, 0.1) is 6.92 Å². The maximum absolute atomic E-state index is 13.6. The van der Waals surface area contributed by atoms with Gasteiger partial charge in [-0.05, 0) is 76.1 Å². The Morgan fingerprint density at radius 3 is 2.20 bits per heavy atom. The molecular weight excluding hydrogens is 490 g/mol. The minimum absolute atomic E-state index is 0.110. The lowest BCUT2D eigenvalue weighted by atomic mass is 10.1. The monoisotopic (exact) mass is 523 g/mol. The maximum atomic E-state index is 13.6. The van der Waals surface area contributed by atoms with Crippen molar-refractivity contribution in [1.82, 2.24) is 10.2 Å². The van der Waals surface area contributed by atoms with Crippen LogP contribution in [0.4, 0.5) is 5.69 Å². The molecule has 1 atom stereocenters. The van der Waals surface area contributed by atoms with Gasteiger partial charge in [-0.2, -0.15) is 0 Å². The molecule has 0 bridgehead atoms. The van der Waals surface area contributed by atoms with Crippen molar-refractivity contribution in [3.63, 3.8) is 0 Å². The van der Waals surface area contributed by atoms with Crippen molar-refractivity contribution >= 4 is 39.1 Å². The third-order valence-electron chi connectivity index (χ3n) is 5.28. The van der Waals surface area contributed by atoms with Crippen molar-refractivity contribution in [3.05, 3.63) is 58.6 Å². The number of anilines is 1. The molecule has 8 nitrogen and oxygen atoms in total. The Balaban J connectivity index is 2.43. The summed E-state index contributed by atoms with van der Waals surface area (Å²) in [6, 6.07) is 11.0. The van der Waals surface area contributed by atoms with Crippen LogP contribution in [-0.2, 0) is 26.2 Å². The lowest BCUT2D eigenvalue weighted by molar-refractivity contribution is -0.140. The molecular formula is C25H34ClN3O5S. The predicted molar refractivity (Wildman–Crippen MR) is 139 cm³/mol. The van der Waals surface area contributed by atoms with Gasteiger partial charge in [0.05, 0.1) is 19.1 Å². The number of carbonyl (C=O) groups excluding carboxylic acids is 2. The highest BCUT2D eigenvalue weighted by Gasteiger charge is 2.31. The normalized spacial score (nSPS) is 12.6. The number of amides is 2. The first kappa shape index (κ1) is 28.5. The Morgan fingerprint density at radius 2 is 1.71 bits per heavy atom. The van der Waals surface area contributed by atoms with Crippen LogP contribution in [0.2, 0.25) is 5.02 Å². The van der Waals surface area contributed by atoms with Crippen LogP contribution in [0.15, 0.2) is 42.5 Å². The molecule has 0 aromatic heterocycles. The quantitative estimate of drug-likeness (QED) is 0.540. The predicted octanol–water partition coefficient (Wildman–Crippen LogP) is 3.76. The molecule has 0 aliphatic rings. The molecule has 2 aromatic rings. The summed E-state index contributed by atoms with van der Waals surface area (Å²) in [6.45, 7) is 8.54. The molecule has 1 N–H and O–H groups in total. The van der Waals surface area contributed by atoms with Gasteiger partial charge in [-0.25, -0.2) is 8.42 Å². The van der Waals surface area contributed by atoms with Crippen molar-refractivity contribution in [2.45, 2.75) is 52.7 Å². The molecule has 0 fully saturated rings. The van der Waals surface area contributed by atoms with Crippen molar-refractivity contribution in [1.29, 1.82) is 0 Å². The van der Waals surface area contributed by atoms with E-state index < -0.39 is 34.1 Å². The number of halogens is 1. The zero-order chi connectivity index (χ0) is 26.6. The van der Waals surface area contributed by atoms with Crippen LogP contribution >= 0.6 is 11.6 Å². The van der Waals surface area contributed by atoms with Crippen LogP contribution in [0.1, 0.15) is 38.8 Å². The molecule has 10 heteroatoms. The highest BCUT2D eigenvalue weighted by molar-refractivity contribution is 7.92. The minimum Gasteiger partial charge on any atom is -0.497 e. The summed E-state index contributed by atoms with van der Waals surface area (Å²) in [4.78, 5) is 27.9. The summed E-state index contributed by atoms with van der Waals surface area (Å²) < 4.78 is 31.6. The van der Waals surface area contributed by atoms with Crippen molar-refractivity contribution < 1.29 is 22.7 Å². The van der Waals surface area contributed by atoms with E-state index in [-0.39, 0.29) is 12.5 Å². The first-order valence-electron chi connectivity index (χ1n) is 11.1. The number of ether oxygens (including phenoxy) is 1. The van der Waals surface area contributed by atoms with E-state index in [1.54, 1.807) is 63.4 Å². The zero-order valence-corrected chi connectivity index (χ0v) is 22.8. The number of hydrogen-bond acceptors (Lipinski definition) is 5. The fraction of sp³-hybridized carbons (Fsp3) is 0.440. The van der Waals surface area contributed by atoms with E-state index in [2.05, 4.69) is 5.32 Å². The minimum atomic E-state index is -3.81. The van der Waals surface area contributed by atoms with Gasteiger partial charge in [0.2, 0.25) is 21.8 Å². The Hall–Kier alpha value is -2.78. The van der Waals surface area contributed by atoms with Gasteiger partial charge in [0.1, 0.15) is 18.3 Å². The molecule has 2 aromatic carbocycles. The summed E-state index contributed by atoms with van der Waals surface area (Å²) in [7, 11) is -2.26. The topological polar surface area (TPSA) is 96.0 Å². The Morgan fingerprint density at radius 1 is 1.11 bits per heavy atom. The summed E-state index contributed by atoms with van der Waals surface area (Å²) in [6.07, 6.45) is 1.04. The van der Waals surface area contributed by atoms with E-state index in [0.717, 1.165) is 16.1 Å². The number of nitrogens with zero attached hydrogens (tertiary/aromatic N) is 2. The van der Waals surface area contributed by atoms with Gasteiger partial charge in [-0.15, -0.1) is 0 Å². The Bertz CT molecular complexity index is 1160. The fourth-order valence-electron chi connectivity index (χ4n) is 3.48. The number of rotatable bonds is 9. The van der Waals surface area contributed by atoms with Crippen LogP contribution in [-0.4, -0.2) is 56.6 Å². The molecule has 192 valence electrons. The van der Waals surface area contributed by atoms with E-state index in [4.69, 9.17) is 16.3 Å². The molecule has 0 unspecified atom stereocenters. The zero-order valence-electron chi connectivity index (χ0n) is 21.3. The van der Waals surface area contributed by atoms with Crippen LogP contribution in [0.5, 0.6) is 5.75 Å². The number of aryl methyl sites for hydroxylation is 1. The first-order valence-corrected chi connectivity index (χ1v) is 13.3. The van der Waals surface area contributed by atoms with E-state index in [9.17, 15) is 18.0 Å². The van der Waals surface area contributed by atoms with Crippen LogP contribution in [0.3, 0.4) is 0 Å². The Kier molecular flexibility index (Phi) is 9.19. The lowest BCUT2D eigenvalue weighted by Crippen LogP contribution is -2.54. The van der Waals surface area contributed by atoms with Gasteiger partial charge in [-0.1, -0.05) is 23.7 Å². The van der Waals surface area contributed by atoms with E-state index in [1.807, 2.05) is 20.8 Å². The second kappa shape index (κ2) is 11.3. The second-order valence-electron chi connectivity index (χ2n) is 9.49. The SMILES string of the molecule is COc1ccc(CN(C(=O)CN(c2ccc(Cl)cc2C)S(C)(=O)=O)[C@@H](C)C(=O)NC(C)(C)C)cc1. The average Bonchev–Trinajstić information content (AvgIpc) is 2.74. The smallest absolute Gasteiger partial charge is 0.244 e. The molecule has 35 heavy (non-hydrogen) atoms. The van der Waals surface area contributed by atoms with Gasteiger partial charge in [0.15, 0.2) is 0 Å². The number of carbonyl (C=O) groups is 2. The summed E-state index contributed by atoms with van der Waals surface area (Å²) in [5.74, 6) is -0.197. The van der Waals surface area contributed by atoms with Gasteiger partial charge in [-0.3, -0.25) is 13.9 Å². The van der Waals surface area contributed by atoms with Gasteiger partial charge in [0, 0.05) is 17.1 Å². The van der Waals surface area contributed by atoms with Crippen LogP contribution in [0.25, 0.3) is 0 Å². The standard InChI is InChI=1S/C25H34ClN3O5S/c1-17-14-20(26)10-13-22(17)29(35(7,32)33)16-23(30)28(18(2)24(31)27-25(3,4)5)15-19-8-11-21(34-6)12-9-19/h8-14,18H,15-16H2,1-7H3,(H,27,31)/t18-/m0/s1. The molecule has 0 aliphatic carbocycles. The van der Waals surface area contributed by atoms with Crippen molar-refractivity contribution in [3.8, 4) is 5.75 Å². The third-order valence-corrected chi connectivity index (χ3v) is 6.65. The van der Waals surface area contributed by atoms with E-state index in [1.165, 1.54) is 4.90 Å². The molecule has 0 aliphatic heterocycles. The number of methoxy groups -OCH3 is 1. The third kappa shape index (κ3) is 8.14. The summed E-state index contributed by atoms with van der Waals surface area (Å²) in [5.41, 5.74) is 1.22. The van der Waals surface area contributed by atoms with E-state index >= 15 is 0 Å². The molecule has 0 spiro atoms. The second-order valence-corrected chi connectivity index (χ2v) is 11.8. The van der Waals surface area contributed by atoms with Crippen LogP contribution < -0.4 is 14.4 Å². The van der Waals surface area contributed by atoms with E-state index in [0.29, 0.717) is 22.0 Å². The average molecular weight is 524 g/mol. The van der Waals surface area contributed by atoms with Crippen molar-refractivity contribution in [2.75, 3.05) is 24.2 Å². The summed E-state index contributed by atoms with van der Waals surface area (Å²) >= 11 is 6.04. The fourth-order valence-corrected chi connectivity index (χ4v) is 4.61. The molecule has 2 rings (SSSR count). The molecule has 0 radical (unpaired) electrons. The van der Waals surface area contributed by atoms with Gasteiger partial charge in [0.25, 0.3) is 0 Å². The van der Waals surface area contributed by atoms with Crippen molar-refractivity contribution in [2.24, 2.45) is 0 Å². The highest BCUT2D eigenvalue weighted by atomic mass is 35.5. The molecule has 0 saturated carbocycles. The molecule has 0 saturated heterocycles.